The van der Waals surface area contributed by atoms with Crippen molar-refractivity contribution in [3.8, 4) is 0 Å². The van der Waals surface area contributed by atoms with Crippen molar-refractivity contribution >= 4 is 0 Å². The number of allylic oxidation sites excluding steroid dienone is 3. The lowest BCUT2D eigenvalue weighted by molar-refractivity contribution is -0.108. The van der Waals surface area contributed by atoms with Crippen LogP contribution in [0.25, 0.3) is 0 Å². The van der Waals surface area contributed by atoms with Crippen molar-refractivity contribution in [2.45, 2.75) is 6.18 Å². The first-order valence-electron chi connectivity index (χ1n) is 2.04. The Hall–Kier alpha value is -0.800. The fraction of sp³-hybridized carbons (Fsp3) is 0.200. The van der Waals surface area contributed by atoms with Crippen LogP contribution in [0, 0.1) is 0 Å². The molecule has 0 heterocycles. The normalized spacial score (nSPS) is 13.6. The third-order valence-electron chi connectivity index (χ3n) is 0.535. The summed E-state index contributed by atoms with van der Waals surface area (Å²) in [5.74, 6) is -2.13. The van der Waals surface area contributed by atoms with Crippen molar-refractivity contribution in [2.75, 3.05) is 0 Å². The molecular formula is C5H4F4. The van der Waals surface area contributed by atoms with Gasteiger partial charge in [-0.05, 0) is 6.08 Å². The summed E-state index contributed by atoms with van der Waals surface area (Å²) in [5, 5.41) is 0. The molecular weight excluding hydrogens is 136 g/mol. The molecule has 0 bridgehead atoms. The van der Waals surface area contributed by atoms with Crippen LogP contribution in [0.1, 0.15) is 0 Å². The van der Waals surface area contributed by atoms with Crippen molar-refractivity contribution in [3.63, 3.8) is 0 Å². The Balaban J connectivity index is 4.19. The zero-order valence-electron chi connectivity index (χ0n) is 4.37. The maximum absolute atomic E-state index is 11.6. The Bertz CT molecular complexity index is 130. The Kier molecular flexibility index (Phi) is 2.42. The van der Waals surface area contributed by atoms with E-state index in [0.29, 0.717) is 0 Å². The van der Waals surface area contributed by atoms with Gasteiger partial charge in [-0.2, -0.15) is 13.2 Å². The first kappa shape index (κ1) is 8.20. The zero-order chi connectivity index (χ0) is 7.49. The van der Waals surface area contributed by atoms with Crippen LogP contribution in [0.5, 0.6) is 0 Å². The van der Waals surface area contributed by atoms with Crippen molar-refractivity contribution in [2.24, 2.45) is 0 Å². The average Bonchev–Trinajstić information content (AvgIpc) is 1.64. The van der Waals surface area contributed by atoms with Gasteiger partial charge in [0.05, 0.1) is 0 Å². The molecule has 0 atom stereocenters. The molecule has 0 nitrogen and oxygen atoms in total. The van der Waals surface area contributed by atoms with Gasteiger partial charge in [-0.3, -0.25) is 0 Å². The van der Waals surface area contributed by atoms with Gasteiger partial charge in [0.2, 0.25) is 5.83 Å². The number of halogens is 4. The molecule has 0 aromatic rings. The summed E-state index contributed by atoms with van der Waals surface area (Å²) in [5.41, 5.74) is 0. The Morgan fingerprint density at radius 3 is 1.89 bits per heavy atom. The van der Waals surface area contributed by atoms with Gasteiger partial charge >= 0.3 is 6.18 Å². The number of alkyl halides is 3. The second kappa shape index (κ2) is 2.66. The van der Waals surface area contributed by atoms with Gasteiger partial charge in [-0.15, -0.1) is 0 Å². The highest BCUT2D eigenvalue weighted by molar-refractivity contribution is 5.07. The van der Waals surface area contributed by atoms with E-state index in [9.17, 15) is 17.6 Å². The maximum Gasteiger partial charge on any atom is 0.442 e. The number of rotatable bonds is 1. The van der Waals surface area contributed by atoms with E-state index in [1.807, 2.05) is 0 Å². The van der Waals surface area contributed by atoms with Gasteiger partial charge in [-0.25, -0.2) is 4.39 Å². The molecule has 4 heteroatoms. The summed E-state index contributed by atoms with van der Waals surface area (Å²) in [6.45, 7) is 2.90. The summed E-state index contributed by atoms with van der Waals surface area (Å²) >= 11 is 0. The van der Waals surface area contributed by atoms with Crippen molar-refractivity contribution in [1.82, 2.24) is 0 Å². The standard InChI is InChI=1S/C5H4F4/c1-2-3-4(6)5(7,8)9/h2-3H,1H2/b4-3-. The van der Waals surface area contributed by atoms with Crippen LogP contribution in [0.15, 0.2) is 24.6 Å². The summed E-state index contributed by atoms with van der Waals surface area (Å²) < 4.78 is 45.0. The molecule has 0 amide bonds. The van der Waals surface area contributed by atoms with Crippen LogP contribution >= 0.6 is 0 Å². The second-order valence-corrected chi connectivity index (χ2v) is 1.25. The smallest absolute Gasteiger partial charge is 0.202 e. The van der Waals surface area contributed by atoms with E-state index >= 15 is 0 Å². The summed E-state index contributed by atoms with van der Waals surface area (Å²) in [4.78, 5) is 0. The third-order valence-corrected chi connectivity index (χ3v) is 0.535. The van der Waals surface area contributed by atoms with E-state index in [1.165, 1.54) is 0 Å². The highest BCUT2D eigenvalue weighted by Crippen LogP contribution is 2.25. The van der Waals surface area contributed by atoms with Gasteiger partial charge in [-0.1, -0.05) is 12.7 Å². The molecule has 52 valence electrons. The Labute approximate surface area is 49.5 Å². The summed E-state index contributed by atoms with van der Waals surface area (Å²) in [6, 6.07) is 0. The summed E-state index contributed by atoms with van der Waals surface area (Å²) in [7, 11) is 0. The zero-order valence-corrected chi connectivity index (χ0v) is 4.37. The molecule has 0 N–H and O–H groups in total. The third kappa shape index (κ3) is 2.90. The molecule has 0 spiro atoms. The van der Waals surface area contributed by atoms with E-state index in [4.69, 9.17) is 0 Å². The van der Waals surface area contributed by atoms with Crippen LogP contribution in [0.3, 0.4) is 0 Å². The van der Waals surface area contributed by atoms with Gasteiger partial charge in [0, 0.05) is 0 Å². The van der Waals surface area contributed by atoms with E-state index in [2.05, 4.69) is 6.58 Å². The van der Waals surface area contributed by atoms with Gasteiger partial charge in [0.1, 0.15) is 0 Å². The van der Waals surface area contributed by atoms with Crippen LogP contribution in [-0.4, -0.2) is 6.18 Å². The van der Waals surface area contributed by atoms with E-state index in [1.54, 1.807) is 0 Å². The van der Waals surface area contributed by atoms with E-state index in [-0.39, 0.29) is 6.08 Å². The van der Waals surface area contributed by atoms with E-state index < -0.39 is 12.0 Å². The molecule has 0 aromatic carbocycles. The minimum atomic E-state index is -4.87. The first-order valence-corrected chi connectivity index (χ1v) is 2.04. The largest absolute Gasteiger partial charge is 0.442 e. The van der Waals surface area contributed by atoms with Crippen molar-refractivity contribution in [3.05, 3.63) is 24.6 Å². The van der Waals surface area contributed by atoms with Gasteiger partial charge in [0.25, 0.3) is 0 Å². The predicted octanol–water partition coefficient (Wildman–Crippen LogP) is 2.59. The molecule has 9 heavy (non-hydrogen) atoms. The van der Waals surface area contributed by atoms with Crippen LogP contribution < -0.4 is 0 Å². The minimum absolute atomic E-state index is 0.264. The quantitative estimate of drug-likeness (QED) is 0.388. The Morgan fingerprint density at radius 2 is 1.78 bits per heavy atom. The lowest BCUT2D eigenvalue weighted by atomic mass is 10.4. The molecule has 0 unspecified atom stereocenters. The molecule has 0 aliphatic rings. The summed E-state index contributed by atoms with van der Waals surface area (Å²) in [6.07, 6.45) is -3.86. The predicted molar refractivity (Wildman–Crippen MR) is 25.4 cm³/mol. The van der Waals surface area contributed by atoms with Crippen molar-refractivity contribution in [1.29, 1.82) is 0 Å². The van der Waals surface area contributed by atoms with Crippen LogP contribution in [0.4, 0.5) is 17.6 Å². The molecule has 0 aliphatic heterocycles. The van der Waals surface area contributed by atoms with Crippen molar-refractivity contribution < 1.29 is 17.6 Å². The fourth-order valence-electron chi connectivity index (χ4n) is 0.198. The topological polar surface area (TPSA) is 0 Å². The molecule has 0 saturated heterocycles. The monoisotopic (exact) mass is 140 g/mol. The molecule has 0 saturated carbocycles. The minimum Gasteiger partial charge on any atom is -0.202 e. The first-order chi connectivity index (χ1) is 3.98. The highest BCUT2D eigenvalue weighted by atomic mass is 19.4. The fourth-order valence-corrected chi connectivity index (χ4v) is 0.198. The second-order valence-electron chi connectivity index (χ2n) is 1.25. The SMILES string of the molecule is C=C/C=C(\F)C(F)(F)F. The van der Waals surface area contributed by atoms with E-state index in [0.717, 1.165) is 6.08 Å². The lowest BCUT2D eigenvalue weighted by Crippen LogP contribution is -2.06. The average molecular weight is 140 g/mol. The Morgan fingerprint density at radius 1 is 1.33 bits per heavy atom. The molecule has 0 radical (unpaired) electrons. The molecule has 0 fully saturated rings. The maximum atomic E-state index is 11.6. The van der Waals surface area contributed by atoms with Gasteiger partial charge < -0.3 is 0 Å². The molecule has 0 aromatic heterocycles. The van der Waals surface area contributed by atoms with Crippen LogP contribution in [-0.2, 0) is 0 Å². The highest BCUT2D eigenvalue weighted by Gasteiger charge is 2.33. The van der Waals surface area contributed by atoms with Gasteiger partial charge in [0.15, 0.2) is 0 Å². The lowest BCUT2D eigenvalue weighted by Gasteiger charge is -1.99. The molecule has 0 rings (SSSR count). The van der Waals surface area contributed by atoms with Crippen LogP contribution in [0.2, 0.25) is 0 Å². The number of hydrogen-bond acceptors (Lipinski definition) is 0. The number of hydrogen-bond donors (Lipinski definition) is 0. The molecule has 0 aliphatic carbocycles.